The zero-order valence-electron chi connectivity index (χ0n) is 18.6. The predicted molar refractivity (Wildman–Crippen MR) is 141 cm³/mol. The Morgan fingerprint density at radius 2 is 1.97 bits per heavy atom. The first kappa shape index (κ1) is 24.0. The number of nitro benzene ring substituents is 1. The summed E-state index contributed by atoms with van der Waals surface area (Å²) in [6.45, 7) is 0.299. The van der Waals surface area contributed by atoms with Gasteiger partial charge in [0, 0.05) is 23.7 Å². The second kappa shape index (κ2) is 9.72. The highest BCUT2D eigenvalue weighted by Gasteiger charge is 2.39. The molecule has 0 fully saturated rings. The summed E-state index contributed by atoms with van der Waals surface area (Å²) in [5.41, 5.74) is 3.90. The summed E-state index contributed by atoms with van der Waals surface area (Å²) in [5, 5.41) is 15.9. The fourth-order valence-electron chi connectivity index (χ4n) is 4.87. The van der Waals surface area contributed by atoms with E-state index in [1.807, 2.05) is 18.2 Å². The maximum absolute atomic E-state index is 11.3. The Labute approximate surface area is 221 Å². The van der Waals surface area contributed by atoms with Gasteiger partial charge in [0.25, 0.3) is 5.69 Å². The number of nitrogens with one attached hydrogen (secondary N) is 1. The molecule has 1 aliphatic heterocycles. The number of hydrogen-bond donors (Lipinski definition) is 1. The van der Waals surface area contributed by atoms with Crippen LogP contribution < -0.4 is 14.8 Å². The van der Waals surface area contributed by atoms with Gasteiger partial charge in [0.05, 0.1) is 32.6 Å². The lowest BCUT2D eigenvalue weighted by atomic mass is 9.77. The van der Waals surface area contributed by atoms with E-state index in [1.54, 1.807) is 37.4 Å². The van der Waals surface area contributed by atoms with E-state index in [0.29, 0.717) is 28.2 Å². The van der Waals surface area contributed by atoms with Crippen molar-refractivity contribution < 1.29 is 14.4 Å². The summed E-state index contributed by atoms with van der Waals surface area (Å²) in [6.07, 6.45) is 5.18. The van der Waals surface area contributed by atoms with E-state index in [2.05, 4.69) is 33.4 Å². The molecule has 3 atom stereocenters. The number of methoxy groups -OCH3 is 1. The standard InChI is InChI=1S/C26H21BrCl2N2O4/c1-34-24-11-15(10-20(27)26(24)35-13-14-5-7-21(28)22(29)9-14)25-18-4-2-3-17(18)19-12-16(31(32)33)6-8-23(19)30-25/h2-3,5-12,17-18,25,30H,4,13H2,1H3/t17?,18?,25-/m1/s1. The van der Waals surface area contributed by atoms with Crippen molar-refractivity contribution in [2.75, 3.05) is 12.4 Å². The van der Waals surface area contributed by atoms with Crippen LogP contribution in [-0.2, 0) is 6.61 Å². The van der Waals surface area contributed by atoms with Crippen LogP contribution in [0.4, 0.5) is 11.4 Å². The molecule has 0 saturated heterocycles. The molecule has 1 N–H and O–H groups in total. The van der Waals surface area contributed by atoms with Crippen LogP contribution in [0.2, 0.25) is 10.0 Å². The molecule has 0 amide bonds. The number of hydrogen-bond acceptors (Lipinski definition) is 5. The molecule has 1 heterocycles. The molecule has 35 heavy (non-hydrogen) atoms. The van der Waals surface area contributed by atoms with E-state index in [4.69, 9.17) is 32.7 Å². The number of nitro groups is 1. The summed E-state index contributed by atoms with van der Waals surface area (Å²) in [4.78, 5) is 11.0. The maximum Gasteiger partial charge on any atom is 0.269 e. The average Bonchev–Trinajstić information content (AvgIpc) is 3.34. The number of halogens is 3. The molecule has 0 saturated carbocycles. The molecule has 5 rings (SSSR count). The van der Waals surface area contributed by atoms with Gasteiger partial charge in [-0.25, -0.2) is 0 Å². The van der Waals surface area contributed by atoms with Crippen LogP contribution in [0.15, 0.2) is 65.2 Å². The third kappa shape index (κ3) is 4.60. The van der Waals surface area contributed by atoms with Crippen molar-refractivity contribution in [1.82, 2.24) is 0 Å². The molecule has 2 unspecified atom stereocenters. The third-order valence-electron chi connectivity index (χ3n) is 6.54. The first-order valence-corrected chi connectivity index (χ1v) is 12.6. The molecular formula is C26H21BrCl2N2O4. The van der Waals surface area contributed by atoms with Gasteiger partial charge in [-0.3, -0.25) is 10.1 Å². The molecule has 2 aliphatic rings. The van der Waals surface area contributed by atoms with Gasteiger partial charge in [-0.15, -0.1) is 0 Å². The zero-order chi connectivity index (χ0) is 24.7. The van der Waals surface area contributed by atoms with E-state index in [0.717, 1.165) is 33.3 Å². The fraction of sp³-hybridized carbons (Fsp3) is 0.231. The van der Waals surface area contributed by atoms with E-state index in [9.17, 15) is 10.1 Å². The summed E-state index contributed by atoms with van der Waals surface area (Å²) in [7, 11) is 1.61. The lowest BCUT2D eigenvalue weighted by Crippen LogP contribution is -2.29. The molecule has 180 valence electrons. The molecule has 0 spiro atoms. The van der Waals surface area contributed by atoms with Gasteiger partial charge in [-0.1, -0.05) is 41.4 Å². The molecule has 3 aromatic rings. The normalized spacial score (nSPS) is 20.1. The first-order valence-electron chi connectivity index (χ1n) is 11.0. The number of non-ortho nitro benzene ring substituents is 1. The minimum atomic E-state index is -0.348. The molecule has 3 aromatic carbocycles. The first-order chi connectivity index (χ1) is 16.9. The van der Waals surface area contributed by atoms with E-state index < -0.39 is 0 Å². The Morgan fingerprint density at radius 1 is 1.14 bits per heavy atom. The van der Waals surface area contributed by atoms with Crippen LogP contribution in [-0.4, -0.2) is 12.0 Å². The summed E-state index contributed by atoms with van der Waals surface area (Å²) >= 11 is 15.8. The highest BCUT2D eigenvalue weighted by molar-refractivity contribution is 9.10. The highest BCUT2D eigenvalue weighted by atomic mass is 79.9. The van der Waals surface area contributed by atoms with Crippen molar-refractivity contribution in [1.29, 1.82) is 0 Å². The van der Waals surface area contributed by atoms with E-state index in [-0.39, 0.29) is 28.5 Å². The van der Waals surface area contributed by atoms with Crippen molar-refractivity contribution in [2.45, 2.75) is 25.0 Å². The largest absolute Gasteiger partial charge is 0.493 e. The van der Waals surface area contributed by atoms with Crippen LogP contribution in [0.5, 0.6) is 11.5 Å². The topological polar surface area (TPSA) is 73.6 Å². The Kier molecular flexibility index (Phi) is 6.66. The van der Waals surface area contributed by atoms with E-state index in [1.165, 1.54) is 0 Å². The van der Waals surface area contributed by atoms with Gasteiger partial charge >= 0.3 is 0 Å². The van der Waals surface area contributed by atoms with Crippen molar-refractivity contribution in [3.05, 3.63) is 102 Å². The lowest BCUT2D eigenvalue weighted by Gasteiger charge is -2.37. The SMILES string of the molecule is COc1cc([C@H]2Nc3ccc([N+](=O)[O-])cc3C3C=CCC32)cc(Br)c1OCc1ccc(Cl)c(Cl)c1. The number of ether oxygens (including phenoxy) is 2. The van der Waals surface area contributed by atoms with Crippen LogP contribution in [0.3, 0.4) is 0 Å². The number of nitrogens with zero attached hydrogens (tertiary/aromatic N) is 1. The predicted octanol–water partition coefficient (Wildman–Crippen LogP) is 8.08. The van der Waals surface area contributed by atoms with Crippen molar-refractivity contribution in [3.63, 3.8) is 0 Å². The number of allylic oxidation sites excluding steroid dienone is 2. The number of rotatable bonds is 6. The van der Waals surface area contributed by atoms with Gasteiger partial charge in [0.15, 0.2) is 11.5 Å². The van der Waals surface area contributed by atoms with Gasteiger partial charge in [0.1, 0.15) is 6.61 Å². The maximum atomic E-state index is 11.3. The van der Waals surface area contributed by atoms with E-state index >= 15 is 0 Å². The summed E-state index contributed by atoms with van der Waals surface area (Å²) in [5.74, 6) is 1.53. The van der Waals surface area contributed by atoms with Crippen LogP contribution in [0.1, 0.15) is 35.1 Å². The fourth-order valence-corrected chi connectivity index (χ4v) is 5.76. The molecule has 0 bridgehead atoms. The molecule has 0 radical (unpaired) electrons. The summed E-state index contributed by atoms with van der Waals surface area (Å²) in [6, 6.07) is 14.4. The average molecular weight is 576 g/mol. The minimum Gasteiger partial charge on any atom is -0.493 e. The molecule has 9 heteroatoms. The van der Waals surface area contributed by atoms with Gasteiger partial charge in [0.2, 0.25) is 0 Å². The molecule has 1 aliphatic carbocycles. The zero-order valence-corrected chi connectivity index (χ0v) is 21.7. The number of fused-ring (bicyclic) bond motifs is 3. The summed E-state index contributed by atoms with van der Waals surface area (Å²) < 4.78 is 12.6. The second-order valence-electron chi connectivity index (χ2n) is 8.58. The number of benzene rings is 3. The Hall–Kier alpha value is -2.74. The highest BCUT2D eigenvalue weighted by Crippen LogP contribution is 2.52. The number of anilines is 1. The van der Waals surface area contributed by atoms with Gasteiger partial charge < -0.3 is 14.8 Å². The van der Waals surface area contributed by atoms with Crippen LogP contribution in [0, 0.1) is 16.0 Å². The monoisotopic (exact) mass is 574 g/mol. The third-order valence-corrected chi connectivity index (χ3v) is 7.86. The Bertz CT molecular complexity index is 1350. The van der Waals surface area contributed by atoms with Crippen molar-refractivity contribution in [3.8, 4) is 11.5 Å². The van der Waals surface area contributed by atoms with Gasteiger partial charge in [-0.2, -0.15) is 0 Å². The smallest absolute Gasteiger partial charge is 0.269 e. The second-order valence-corrected chi connectivity index (χ2v) is 10.2. The molecule has 6 nitrogen and oxygen atoms in total. The van der Waals surface area contributed by atoms with Gasteiger partial charge in [-0.05, 0) is 75.3 Å². The Morgan fingerprint density at radius 3 is 2.71 bits per heavy atom. The quantitative estimate of drug-likeness (QED) is 0.183. The molecular weight excluding hydrogens is 555 g/mol. The lowest BCUT2D eigenvalue weighted by molar-refractivity contribution is -0.384. The minimum absolute atomic E-state index is 0.00159. The molecule has 0 aromatic heterocycles. The van der Waals surface area contributed by atoms with Crippen LogP contribution >= 0.6 is 39.1 Å². The van der Waals surface area contributed by atoms with Crippen molar-refractivity contribution in [2.24, 2.45) is 5.92 Å². The van der Waals surface area contributed by atoms with Crippen molar-refractivity contribution >= 4 is 50.5 Å². The Balaban J connectivity index is 1.44. The van der Waals surface area contributed by atoms with Crippen LogP contribution in [0.25, 0.3) is 0 Å².